The van der Waals surface area contributed by atoms with Crippen LogP contribution in [0.15, 0.2) is 63.5 Å². The van der Waals surface area contributed by atoms with Crippen molar-refractivity contribution in [2.24, 2.45) is 4.99 Å². The zero-order valence-electron chi connectivity index (χ0n) is 22.0. The third-order valence-electron chi connectivity index (χ3n) is 6.24. The Kier molecular flexibility index (Phi) is 7.97. The molecule has 2 aromatic carbocycles. The highest BCUT2D eigenvalue weighted by Gasteiger charge is 2.33. The van der Waals surface area contributed by atoms with E-state index in [1.54, 1.807) is 31.6 Å². The number of carbonyl (C=O) groups excluding carboxylic acids is 1. The van der Waals surface area contributed by atoms with E-state index >= 15 is 0 Å². The van der Waals surface area contributed by atoms with Crippen LogP contribution in [0.25, 0.3) is 6.08 Å². The van der Waals surface area contributed by atoms with Gasteiger partial charge in [-0.15, -0.1) is 0 Å². The largest absolute Gasteiger partial charge is 0.493 e. The Morgan fingerprint density at radius 1 is 1.14 bits per heavy atom. The van der Waals surface area contributed by atoms with Gasteiger partial charge in [0.05, 0.1) is 42.2 Å². The van der Waals surface area contributed by atoms with Gasteiger partial charge in [0.25, 0.3) is 5.56 Å². The number of hydrogen-bond acceptors (Lipinski definition) is 7. The highest BCUT2D eigenvalue weighted by molar-refractivity contribution is 7.07. The number of hydrogen-bond donors (Lipinski definition) is 0. The van der Waals surface area contributed by atoms with Crippen LogP contribution in [0.1, 0.15) is 63.3 Å². The van der Waals surface area contributed by atoms with E-state index < -0.39 is 12.0 Å². The van der Waals surface area contributed by atoms with Crippen LogP contribution in [-0.4, -0.2) is 30.9 Å². The number of rotatable bonds is 8. The number of allylic oxidation sites excluding steroid dienone is 1. The number of esters is 1. The van der Waals surface area contributed by atoms with Crippen molar-refractivity contribution in [2.45, 2.75) is 46.6 Å². The molecule has 1 atom stereocenters. The Bertz CT molecular complexity index is 1510. The molecule has 8 heteroatoms. The Balaban J connectivity index is 1.94. The number of para-hydroxylation sites is 1. The summed E-state index contributed by atoms with van der Waals surface area (Å²) in [6.45, 7) is 10.4. The number of methoxy groups -OCH3 is 1. The zero-order valence-corrected chi connectivity index (χ0v) is 22.8. The van der Waals surface area contributed by atoms with Crippen molar-refractivity contribution in [3.63, 3.8) is 0 Å². The molecule has 0 N–H and O–H groups in total. The second-order valence-corrected chi connectivity index (χ2v) is 9.94. The quantitative estimate of drug-likeness (QED) is 0.413. The molecule has 7 nitrogen and oxygen atoms in total. The summed E-state index contributed by atoms with van der Waals surface area (Å²) in [6.07, 6.45) is 1.79. The topological polar surface area (TPSA) is 79.1 Å². The fraction of sp³-hybridized carbons (Fsp3) is 0.345. The van der Waals surface area contributed by atoms with Gasteiger partial charge in [-0.2, -0.15) is 0 Å². The first-order chi connectivity index (χ1) is 17.8. The fourth-order valence-corrected chi connectivity index (χ4v) is 5.45. The first kappa shape index (κ1) is 26.4. The molecule has 1 aliphatic heterocycles. The Morgan fingerprint density at radius 3 is 2.49 bits per heavy atom. The summed E-state index contributed by atoms with van der Waals surface area (Å²) in [7, 11) is 1.58. The molecule has 1 aromatic heterocycles. The van der Waals surface area contributed by atoms with Gasteiger partial charge in [0.2, 0.25) is 0 Å². The average molecular weight is 521 g/mol. The van der Waals surface area contributed by atoms with E-state index in [4.69, 9.17) is 14.2 Å². The Morgan fingerprint density at radius 2 is 1.86 bits per heavy atom. The average Bonchev–Trinajstić information content (AvgIpc) is 3.18. The molecule has 0 aliphatic carbocycles. The van der Waals surface area contributed by atoms with Gasteiger partial charge < -0.3 is 14.2 Å². The lowest BCUT2D eigenvalue weighted by atomic mass is 9.93. The zero-order chi connectivity index (χ0) is 26.7. The smallest absolute Gasteiger partial charge is 0.338 e. The van der Waals surface area contributed by atoms with Crippen LogP contribution in [0, 0.1) is 0 Å². The van der Waals surface area contributed by atoms with Gasteiger partial charge in [0.15, 0.2) is 16.3 Å². The van der Waals surface area contributed by atoms with Gasteiger partial charge in [-0.05, 0) is 50.0 Å². The van der Waals surface area contributed by atoms with Crippen LogP contribution in [0.4, 0.5) is 0 Å². The minimum absolute atomic E-state index is 0.231. The van der Waals surface area contributed by atoms with E-state index in [0.717, 1.165) is 11.1 Å². The van der Waals surface area contributed by atoms with Crippen LogP contribution >= 0.6 is 11.3 Å². The predicted molar refractivity (Wildman–Crippen MR) is 145 cm³/mol. The van der Waals surface area contributed by atoms with Crippen LogP contribution in [0.2, 0.25) is 0 Å². The number of fused-ring (bicyclic) bond motifs is 1. The second-order valence-electron chi connectivity index (χ2n) is 8.94. The number of aromatic nitrogens is 1. The van der Waals surface area contributed by atoms with Crippen molar-refractivity contribution < 1.29 is 19.0 Å². The van der Waals surface area contributed by atoms with E-state index in [2.05, 4.69) is 18.8 Å². The molecule has 0 saturated carbocycles. The molecule has 194 valence electrons. The molecule has 3 aromatic rings. The number of thiazole rings is 1. The van der Waals surface area contributed by atoms with Crippen LogP contribution in [-0.2, 0) is 9.53 Å². The van der Waals surface area contributed by atoms with Crippen molar-refractivity contribution in [1.82, 2.24) is 4.57 Å². The van der Waals surface area contributed by atoms with E-state index in [1.165, 1.54) is 16.9 Å². The summed E-state index contributed by atoms with van der Waals surface area (Å²) in [6, 6.07) is 12.9. The normalized spacial score (nSPS) is 15.4. The van der Waals surface area contributed by atoms with E-state index in [1.807, 2.05) is 49.4 Å². The first-order valence-electron chi connectivity index (χ1n) is 12.4. The molecule has 2 heterocycles. The van der Waals surface area contributed by atoms with Gasteiger partial charge in [-0.3, -0.25) is 9.36 Å². The highest BCUT2D eigenvalue weighted by Crippen LogP contribution is 2.33. The summed E-state index contributed by atoms with van der Waals surface area (Å²) >= 11 is 1.28. The second kappa shape index (κ2) is 11.2. The van der Waals surface area contributed by atoms with Crippen molar-refractivity contribution in [2.75, 3.05) is 20.3 Å². The van der Waals surface area contributed by atoms with Crippen molar-refractivity contribution in [3.8, 4) is 11.5 Å². The highest BCUT2D eigenvalue weighted by atomic mass is 32.1. The van der Waals surface area contributed by atoms with Crippen LogP contribution in [0.3, 0.4) is 0 Å². The molecule has 0 amide bonds. The molecular formula is C29H32N2O5S. The lowest BCUT2D eigenvalue weighted by Crippen LogP contribution is -2.39. The third-order valence-corrected chi connectivity index (χ3v) is 7.22. The van der Waals surface area contributed by atoms with Gasteiger partial charge in [-0.25, -0.2) is 9.79 Å². The lowest BCUT2D eigenvalue weighted by Gasteiger charge is -2.25. The summed E-state index contributed by atoms with van der Waals surface area (Å²) < 4.78 is 18.8. The van der Waals surface area contributed by atoms with Crippen LogP contribution < -0.4 is 24.4 Å². The van der Waals surface area contributed by atoms with Gasteiger partial charge >= 0.3 is 5.97 Å². The van der Waals surface area contributed by atoms with Gasteiger partial charge in [0.1, 0.15) is 0 Å². The van der Waals surface area contributed by atoms with Crippen molar-refractivity contribution in [1.29, 1.82) is 0 Å². The first-order valence-corrected chi connectivity index (χ1v) is 13.2. The maximum Gasteiger partial charge on any atom is 0.338 e. The Hall–Kier alpha value is -3.65. The van der Waals surface area contributed by atoms with Crippen LogP contribution in [0.5, 0.6) is 11.5 Å². The Labute approximate surface area is 220 Å². The lowest BCUT2D eigenvalue weighted by molar-refractivity contribution is -0.139. The standard InChI is InChI=1S/C29H32N2O5S/c1-7-35-26-21(10-9-11-22(26)34-6)16-23-27(32)31-25(20-14-12-19(13-15-20)17(3)4)24(28(33)36-8-2)18(5)30-29(31)37-23/h9-17,25H,7-8H2,1-6H3. The molecule has 4 rings (SSSR count). The minimum atomic E-state index is -0.643. The molecule has 0 radical (unpaired) electrons. The van der Waals surface area contributed by atoms with Gasteiger partial charge in [0, 0.05) is 5.56 Å². The molecule has 0 fully saturated rings. The molecule has 0 bridgehead atoms. The molecule has 37 heavy (non-hydrogen) atoms. The predicted octanol–water partition coefficient (Wildman–Crippen LogP) is 4.33. The van der Waals surface area contributed by atoms with E-state index in [-0.39, 0.29) is 12.2 Å². The molecular weight excluding hydrogens is 488 g/mol. The molecule has 1 aliphatic rings. The summed E-state index contributed by atoms with van der Waals surface area (Å²) in [4.78, 5) is 32.1. The number of carbonyl (C=O) groups is 1. The molecule has 1 unspecified atom stereocenters. The molecule has 0 spiro atoms. The summed E-state index contributed by atoms with van der Waals surface area (Å²) in [5.41, 5.74) is 3.41. The maximum atomic E-state index is 13.9. The molecule has 0 saturated heterocycles. The number of ether oxygens (including phenoxy) is 3. The van der Waals surface area contributed by atoms with E-state index in [9.17, 15) is 9.59 Å². The van der Waals surface area contributed by atoms with Gasteiger partial charge in [-0.1, -0.05) is 61.6 Å². The SMILES string of the molecule is CCOC(=O)C1=C(C)N=c2sc(=Cc3cccc(OC)c3OCC)c(=O)n2C1c1ccc(C(C)C)cc1. The monoisotopic (exact) mass is 520 g/mol. The third kappa shape index (κ3) is 5.11. The van der Waals surface area contributed by atoms with Crippen molar-refractivity contribution in [3.05, 3.63) is 90.1 Å². The maximum absolute atomic E-state index is 13.9. The number of nitrogens with zero attached hydrogens (tertiary/aromatic N) is 2. The minimum Gasteiger partial charge on any atom is -0.493 e. The van der Waals surface area contributed by atoms with E-state index in [0.29, 0.717) is 44.6 Å². The number of benzene rings is 2. The summed E-state index contributed by atoms with van der Waals surface area (Å²) in [5.74, 6) is 1.05. The fourth-order valence-electron chi connectivity index (χ4n) is 4.42. The van der Waals surface area contributed by atoms with Crippen molar-refractivity contribution >= 4 is 23.4 Å². The summed E-state index contributed by atoms with van der Waals surface area (Å²) in [5, 5.41) is 0.